The Kier molecular flexibility index (Phi) is 7.02. The topological polar surface area (TPSA) is 114 Å². The summed E-state index contributed by atoms with van der Waals surface area (Å²) in [6.07, 6.45) is 3.96. The summed E-state index contributed by atoms with van der Waals surface area (Å²) in [5.41, 5.74) is 0.785. The van der Waals surface area contributed by atoms with Crippen LogP contribution in [0, 0.1) is 10.1 Å². The molecule has 168 valence electrons. The number of thiazole rings is 1. The Morgan fingerprint density at radius 1 is 1.19 bits per heavy atom. The number of amides is 1. The van der Waals surface area contributed by atoms with E-state index >= 15 is 0 Å². The van der Waals surface area contributed by atoms with Crippen molar-refractivity contribution in [2.75, 3.05) is 38.3 Å². The Bertz CT molecular complexity index is 1300. The van der Waals surface area contributed by atoms with E-state index < -0.39 is 14.8 Å². The number of hydrogen-bond donors (Lipinski definition) is 0. The molecule has 0 aliphatic heterocycles. The zero-order valence-electron chi connectivity index (χ0n) is 17.8. The lowest BCUT2D eigenvalue weighted by atomic mass is 10.2. The minimum Gasteiger partial charge on any atom is -0.308 e. The van der Waals surface area contributed by atoms with Crippen molar-refractivity contribution < 1.29 is 18.1 Å². The van der Waals surface area contributed by atoms with Crippen molar-refractivity contribution in [3.05, 3.63) is 64.2 Å². The molecule has 0 saturated carbocycles. The molecular formula is C21H22N4O5S2. The Hall–Kier alpha value is -3.15. The van der Waals surface area contributed by atoms with Crippen LogP contribution in [0.3, 0.4) is 0 Å². The molecule has 0 radical (unpaired) electrons. The van der Waals surface area contributed by atoms with E-state index in [4.69, 9.17) is 0 Å². The highest BCUT2D eigenvalue weighted by Gasteiger charge is 2.21. The van der Waals surface area contributed by atoms with Crippen molar-refractivity contribution >= 4 is 54.2 Å². The lowest BCUT2D eigenvalue weighted by molar-refractivity contribution is -0.384. The van der Waals surface area contributed by atoms with Crippen LogP contribution >= 0.6 is 11.3 Å². The number of non-ortho nitro benzene ring substituents is 1. The summed E-state index contributed by atoms with van der Waals surface area (Å²) >= 11 is 1.23. The molecule has 0 N–H and O–H groups in total. The van der Waals surface area contributed by atoms with Crippen LogP contribution in [0.5, 0.6) is 0 Å². The van der Waals surface area contributed by atoms with E-state index in [0.29, 0.717) is 34.0 Å². The van der Waals surface area contributed by atoms with Crippen LogP contribution in [0.25, 0.3) is 16.3 Å². The highest BCUT2D eigenvalue weighted by molar-refractivity contribution is 7.91. The van der Waals surface area contributed by atoms with Crippen LogP contribution in [0.1, 0.15) is 5.56 Å². The number of para-hydroxylation sites is 1. The number of benzene rings is 2. The molecule has 0 spiro atoms. The average Bonchev–Trinajstić information content (AvgIpc) is 3.15. The third kappa shape index (κ3) is 5.55. The van der Waals surface area contributed by atoms with Gasteiger partial charge in [-0.05, 0) is 37.9 Å². The van der Waals surface area contributed by atoms with Gasteiger partial charge in [0.15, 0.2) is 15.0 Å². The van der Waals surface area contributed by atoms with Crippen LogP contribution in [-0.4, -0.2) is 62.6 Å². The zero-order valence-corrected chi connectivity index (χ0v) is 19.4. The summed E-state index contributed by atoms with van der Waals surface area (Å²) in [6.45, 7) is 0.893. The number of likely N-dealkylation sites (N-methyl/N-ethyl adjacent to an activating group) is 1. The molecule has 0 bridgehead atoms. The molecule has 3 aromatic rings. The highest BCUT2D eigenvalue weighted by Crippen LogP contribution is 2.32. The monoisotopic (exact) mass is 474 g/mol. The smallest absolute Gasteiger partial charge is 0.270 e. The van der Waals surface area contributed by atoms with Crippen molar-refractivity contribution in [2.45, 2.75) is 4.90 Å². The average molecular weight is 475 g/mol. The normalized spacial score (nSPS) is 12.0. The second kappa shape index (κ2) is 9.55. The number of rotatable bonds is 8. The number of anilines is 1. The maximum Gasteiger partial charge on any atom is 0.270 e. The lowest BCUT2D eigenvalue weighted by Gasteiger charge is -2.20. The highest BCUT2D eigenvalue weighted by atomic mass is 32.2. The Labute approximate surface area is 189 Å². The van der Waals surface area contributed by atoms with E-state index in [1.165, 1.54) is 46.6 Å². The van der Waals surface area contributed by atoms with Crippen molar-refractivity contribution in [3.8, 4) is 0 Å². The number of sulfone groups is 1. The molecular weight excluding hydrogens is 452 g/mol. The minimum atomic E-state index is -3.48. The van der Waals surface area contributed by atoms with Crippen molar-refractivity contribution in [1.82, 2.24) is 9.88 Å². The molecule has 1 amide bonds. The van der Waals surface area contributed by atoms with Gasteiger partial charge in [-0.3, -0.25) is 19.8 Å². The van der Waals surface area contributed by atoms with E-state index in [9.17, 15) is 23.3 Å². The molecule has 1 heterocycles. The fraction of sp³-hybridized carbons (Fsp3) is 0.238. The first-order chi connectivity index (χ1) is 15.1. The van der Waals surface area contributed by atoms with E-state index in [2.05, 4.69) is 4.98 Å². The molecule has 3 rings (SSSR count). The predicted molar refractivity (Wildman–Crippen MR) is 126 cm³/mol. The van der Waals surface area contributed by atoms with Crippen LogP contribution < -0.4 is 4.90 Å². The summed E-state index contributed by atoms with van der Waals surface area (Å²) in [5.74, 6) is -0.363. The summed E-state index contributed by atoms with van der Waals surface area (Å²) in [4.78, 5) is 31.5. The SMILES string of the molecule is CN(C)CCN(C(=O)C=Cc1cccc([N+](=O)[O-])c1)c1nc2c(S(C)(=O)=O)cccc2s1. The first-order valence-corrected chi connectivity index (χ1v) is 12.3. The second-order valence-corrected chi connectivity index (χ2v) is 10.3. The zero-order chi connectivity index (χ0) is 23.5. The van der Waals surface area contributed by atoms with Gasteiger partial charge in [-0.1, -0.05) is 29.5 Å². The van der Waals surface area contributed by atoms with E-state index in [0.717, 1.165) is 6.26 Å². The van der Waals surface area contributed by atoms with E-state index in [1.54, 1.807) is 24.3 Å². The van der Waals surface area contributed by atoms with Gasteiger partial charge in [-0.15, -0.1) is 0 Å². The number of nitro groups is 1. The van der Waals surface area contributed by atoms with E-state index in [-0.39, 0.29) is 16.5 Å². The van der Waals surface area contributed by atoms with Crippen molar-refractivity contribution in [1.29, 1.82) is 0 Å². The summed E-state index contributed by atoms with van der Waals surface area (Å²) in [5, 5.41) is 11.3. The molecule has 0 saturated heterocycles. The van der Waals surface area contributed by atoms with Crippen LogP contribution in [0.4, 0.5) is 10.8 Å². The first-order valence-electron chi connectivity index (χ1n) is 9.54. The Balaban J connectivity index is 1.97. The minimum absolute atomic E-state index is 0.0662. The van der Waals surface area contributed by atoms with Gasteiger partial charge in [0, 0.05) is 37.6 Å². The molecule has 1 aromatic heterocycles. The molecule has 0 aliphatic rings. The lowest BCUT2D eigenvalue weighted by Crippen LogP contribution is -2.35. The molecule has 0 atom stereocenters. The third-order valence-corrected chi connectivity index (χ3v) is 6.71. The Morgan fingerprint density at radius 3 is 2.56 bits per heavy atom. The van der Waals surface area contributed by atoms with Gasteiger partial charge in [0.05, 0.1) is 14.5 Å². The van der Waals surface area contributed by atoms with E-state index in [1.807, 2.05) is 19.0 Å². The quantitative estimate of drug-likeness (QED) is 0.280. The molecule has 32 heavy (non-hydrogen) atoms. The number of carbonyl (C=O) groups is 1. The van der Waals surface area contributed by atoms with Crippen molar-refractivity contribution in [2.24, 2.45) is 0 Å². The third-order valence-electron chi connectivity index (χ3n) is 4.54. The predicted octanol–water partition coefficient (Wildman–Crippen LogP) is 3.22. The van der Waals surface area contributed by atoms with Crippen molar-refractivity contribution in [3.63, 3.8) is 0 Å². The van der Waals surface area contributed by atoms with Gasteiger partial charge < -0.3 is 4.90 Å². The van der Waals surface area contributed by atoms with Crippen LogP contribution in [0.15, 0.2) is 53.4 Å². The summed E-state index contributed by atoms with van der Waals surface area (Å²) in [7, 11) is 0.272. The number of hydrogen-bond acceptors (Lipinski definition) is 8. The molecule has 0 fully saturated rings. The number of nitrogens with zero attached hydrogens (tertiary/aromatic N) is 4. The molecule has 0 aliphatic carbocycles. The fourth-order valence-corrected chi connectivity index (χ4v) is 4.85. The van der Waals surface area contributed by atoms with Gasteiger partial charge >= 0.3 is 0 Å². The summed E-state index contributed by atoms with van der Waals surface area (Å²) in [6, 6.07) is 10.9. The van der Waals surface area contributed by atoms with Gasteiger partial charge in [0.1, 0.15) is 5.52 Å². The standard InChI is InChI=1S/C21H22N4O5S2/c1-23(2)12-13-24(19(26)11-10-15-6-4-7-16(14-15)25(27)28)21-22-20-17(31-21)8-5-9-18(20)32(3,29)30/h4-11,14H,12-13H2,1-3H3. The molecule has 11 heteroatoms. The Morgan fingerprint density at radius 2 is 1.91 bits per heavy atom. The van der Waals surface area contributed by atoms with Crippen LogP contribution in [-0.2, 0) is 14.6 Å². The van der Waals surface area contributed by atoms with Gasteiger partial charge in [-0.25, -0.2) is 13.4 Å². The van der Waals surface area contributed by atoms with Gasteiger partial charge in [0.2, 0.25) is 0 Å². The largest absolute Gasteiger partial charge is 0.308 e. The maximum absolute atomic E-state index is 13.0. The number of fused-ring (bicyclic) bond motifs is 1. The van der Waals surface area contributed by atoms with Gasteiger partial charge in [-0.2, -0.15) is 0 Å². The number of aromatic nitrogens is 1. The fourth-order valence-electron chi connectivity index (χ4n) is 2.93. The first kappa shape index (κ1) is 23.5. The maximum atomic E-state index is 13.0. The molecule has 0 unspecified atom stereocenters. The number of nitro benzene ring substituents is 1. The molecule has 2 aromatic carbocycles. The van der Waals surface area contributed by atoms with Gasteiger partial charge in [0.25, 0.3) is 11.6 Å². The summed E-state index contributed by atoms with van der Waals surface area (Å²) < 4.78 is 24.9. The second-order valence-electron chi connectivity index (χ2n) is 7.35. The number of carbonyl (C=O) groups excluding carboxylic acids is 1. The molecule has 9 nitrogen and oxygen atoms in total. The van der Waals surface area contributed by atoms with Crippen LogP contribution in [0.2, 0.25) is 0 Å².